The van der Waals surface area contributed by atoms with Crippen LogP contribution in [0.1, 0.15) is 30.5 Å². The van der Waals surface area contributed by atoms with Crippen LogP contribution in [-0.4, -0.2) is 19.0 Å². The minimum atomic E-state index is -0.417. The number of hydrogen-bond acceptors (Lipinski definition) is 3. The maximum atomic E-state index is 9.71. The summed E-state index contributed by atoms with van der Waals surface area (Å²) in [6.45, 7) is 8.00. The average molecular weight is 224 g/mol. The Morgan fingerprint density at radius 2 is 1.69 bits per heavy atom. The smallest absolute Gasteiger partial charge is 0.147 e. The van der Waals surface area contributed by atoms with Crippen LogP contribution in [0.25, 0.3) is 0 Å². The Kier molecular flexibility index (Phi) is 3.94. The third kappa shape index (κ3) is 2.74. The fourth-order valence-corrected chi connectivity index (χ4v) is 1.59. The predicted octanol–water partition coefficient (Wildman–Crippen LogP) is 2.86. The molecule has 0 bridgehead atoms. The number of methoxy groups -OCH3 is 1. The molecule has 0 amide bonds. The van der Waals surface area contributed by atoms with Gasteiger partial charge in [-0.15, -0.1) is 0 Å². The molecule has 0 aliphatic carbocycles. The normalized spacial score (nSPS) is 11.8. The van der Waals surface area contributed by atoms with Crippen LogP contribution < -0.4 is 0 Å². The van der Waals surface area contributed by atoms with E-state index in [9.17, 15) is 5.11 Å². The molecule has 3 nitrogen and oxygen atoms in total. The fourth-order valence-electron chi connectivity index (χ4n) is 1.59. The summed E-state index contributed by atoms with van der Waals surface area (Å²) in [5.74, 6) is 0.353. The molecule has 3 heteroatoms. The van der Waals surface area contributed by atoms with Gasteiger partial charge in [0.05, 0.1) is 5.60 Å². The van der Waals surface area contributed by atoms with Crippen molar-refractivity contribution >= 4 is 0 Å². The van der Waals surface area contributed by atoms with Gasteiger partial charge in [-0.25, -0.2) is 0 Å². The van der Waals surface area contributed by atoms with E-state index >= 15 is 0 Å². The van der Waals surface area contributed by atoms with E-state index in [-0.39, 0.29) is 6.79 Å². The monoisotopic (exact) mass is 224 g/mol. The number of ether oxygens (including phenoxy) is 2. The van der Waals surface area contributed by atoms with Gasteiger partial charge in [-0.2, -0.15) is 0 Å². The summed E-state index contributed by atoms with van der Waals surface area (Å²) >= 11 is 0. The van der Waals surface area contributed by atoms with E-state index in [1.807, 2.05) is 39.8 Å². The van der Waals surface area contributed by atoms with Crippen molar-refractivity contribution in [3.05, 3.63) is 28.8 Å². The standard InChI is InChI=1S/C13H20O3/c1-9-6-11(7-10(2)12(9)14)13(3,4)16-8-15-5/h6-7,14H,8H2,1-5H3. The molecule has 0 fully saturated rings. The second kappa shape index (κ2) is 4.85. The number of phenols is 1. The van der Waals surface area contributed by atoms with Gasteiger partial charge in [0, 0.05) is 7.11 Å². The molecule has 0 heterocycles. The third-order valence-corrected chi connectivity index (χ3v) is 2.72. The first-order chi connectivity index (χ1) is 7.38. The maximum Gasteiger partial charge on any atom is 0.147 e. The minimum Gasteiger partial charge on any atom is -0.507 e. The first kappa shape index (κ1) is 13.0. The molecule has 0 unspecified atom stereocenters. The first-order valence-electron chi connectivity index (χ1n) is 5.32. The van der Waals surface area contributed by atoms with Crippen molar-refractivity contribution in [2.75, 3.05) is 13.9 Å². The van der Waals surface area contributed by atoms with E-state index in [1.165, 1.54) is 0 Å². The lowest BCUT2D eigenvalue weighted by molar-refractivity contribution is -0.118. The molecule has 1 aromatic carbocycles. The van der Waals surface area contributed by atoms with Crippen molar-refractivity contribution in [1.82, 2.24) is 0 Å². The molecule has 0 spiro atoms. The van der Waals surface area contributed by atoms with Crippen molar-refractivity contribution in [3.63, 3.8) is 0 Å². The molecular formula is C13H20O3. The van der Waals surface area contributed by atoms with Crippen LogP contribution in [0.15, 0.2) is 12.1 Å². The lowest BCUT2D eigenvalue weighted by Gasteiger charge is -2.26. The summed E-state index contributed by atoms with van der Waals surface area (Å²) in [5.41, 5.74) is 2.35. The summed E-state index contributed by atoms with van der Waals surface area (Å²) in [5, 5.41) is 9.71. The number of aromatic hydroxyl groups is 1. The van der Waals surface area contributed by atoms with E-state index in [0.717, 1.165) is 16.7 Å². The van der Waals surface area contributed by atoms with Gasteiger partial charge in [0.2, 0.25) is 0 Å². The van der Waals surface area contributed by atoms with Crippen molar-refractivity contribution in [1.29, 1.82) is 0 Å². The van der Waals surface area contributed by atoms with Gasteiger partial charge in [-0.1, -0.05) is 0 Å². The molecule has 1 N–H and O–H groups in total. The third-order valence-electron chi connectivity index (χ3n) is 2.72. The summed E-state index contributed by atoms with van der Waals surface area (Å²) in [6, 6.07) is 3.88. The molecule has 16 heavy (non-hydrogen) atoms. The van der Waals surface area contributed by atoms with Crippen molar-refractivity contribution in [2.24, 2.45) is 0 Å². The van der Waals surface area contributed by atoms with Crippen LogP contribution in [-0.2, 0) is 15.1 Å². The highest BCUT2D eigenvalue weighted by Crippen LogP contribution is 2.31. The predicted molar refractivity (Wildman–Crippen MR) is 63.6 cm³/mol. The number of phenolic OH excluding ortho intramolecular Hbond substituents is 1. The zero-order valence-corrected chi connectivity index (χ0v) is 10.6. The van der Waals surface area contributed by atoms with E-state index in [0.29, 0.717) is 5.75 Å². The van der Waals surface area contributed by atoms with Crippen molar-refractivity contribution < 1.29 is 14.6 Å². The highest BCUT2D eigenvalue weighted by molar-refractivity contribution is 5.43. The molecule has 0 radical (unpaired) electrons. The van der Waals surface area contributed by atoms with E-state index in [1.54, 1.807) is 7.11 Å². The quantitative estimate of drug-likeness (QED) is 0.799. The van der Waals surface area contributed by atoms with E-state index in [2.05, 4.69) is 0 Å². The Bertz CT molecular complexity index is 346. The molecule has 0 aromatic heterocycles. The Balaban J connectivity index is 3.03. The van der Waals surface area contributed by atoms with Crippen molar-refractivity contribution in [3.8, 4) is 5.75 Å². The number of hydrogen-bond donors (Lipinski definition) is 1. The second-order valence-corrected chi connectivity index (χ2v) is 4.52. The largest absolute Gasteiger partial charge is 0.507 e. The Labute approximate surface area is 97.0 Å². The van der Waals surface area contributed by atoms with Crippen LogP contribution in [0.5, 0.6) is 5.75 Å². The molecule has 0 aliphatic heterocycles. The first-order valence-corrected chi connectivity index (χ1v) is 5.32. The van der Waals surface area contributed by atoms with Gasteiger partial charge < -0.3 is 14.6 Å². The Morgan fingerprint density at radius 3 is 2.12 bits per heavy atom. The fraction of sp³-hybridized carbons (Fsp3) is 0.538. The number of aryl methyl sites for hydroxylation is 2. The van der Waals surface area contributed by atoms with Crippen LogP contribution in [0, 0.1) is 13.8 Å². The second-order valence-electron chi connectivity index (χ2n) is 4.52. The van der Waals surface area contributed by atoms with Gasteiger partial charge in [-0.3, -0.25) is 0 Å². The molecule has 0 saturated heterocycles. The molecule has 1 rings (SSSR count). The van der Waals surface area contributed by atoms with Gasteiger partial charge >= 0.3 is 0 Å². The molecule has 0 saturated carbocycles. The number of rotatable bonds is 4. The molecular weight excluding hydrogens is 204 g/mol. The molecule has 0 atom stereocenters. The van der Waals surface area contributed by atoms with Crippen LogP contribution in [0.4, 0.5) is 0 Å². The summed E-state index contributed by atoms with van der Waals surface area (Å²) in [7, 11) is 1.60. The summed E-state index contributed by atoms with van der Waals surface area (Å²) < 4.78 is 10.5. The van der Waals surface area contributed by atoms with Gasteiger partial charge in [-0.05, 0) is 56.5 Å². The Morgan fingerprint density at radius 1 is 1.19 bits per heavy atom. The van der Waals surface area contributed by atoms with Gasteiger partial charge in [0.25, 0.3) is 0 Å². The van der Waals surface area contributed by atoms with Crippen LogP contribution in [0.2, 0.25) is 0 Å². The van der Waals surface area contributed by atoms with E-state index in [4.69, 9.17) is 9.47 Å². The zero-order chi connectivity index (χ0) is 12.3. The van der Waals surface area contributed by atoms with E-state index < -0.39 is 5.60 Å². The summed E-state index contributed by atoms with van der Waals surface area (Å²) in [6.07, 6.45) is 0. The van der Waals surface area contributed by atoms with Gasteiger partial charge in [0.1, 0.15) is 12.5 Å². The highest BCUT2D eigenvalue weighted by Gasteiger charge is 2.22. The molecule has 90 valence electrons. The number of benzene rings is 1. The average Bonchev–Trinajstić information content (AvgIpc) is 2.22. The molecule has 1 aromatic rings. The minimum absolute atomic E-state index is 0.256. The van der Waals surface area contributed by atoms with Crippen LogP contribution >= 0.6 is 0 Å². The SMILES string of the molecule is COCOC(C)(C)c1cc(C)c(O)c(C)c1. The maximum absolute atomic E-state index is 9.71. The lowest BCUT2D eigenvalue weighted by atomic mass is 9.94. The van der Waals surface area contributed by atoms with Crippen molar-refractivity contribution in [2.45, 2.75) is 33.3 Å². The topological polar surface area (TPSA) is 38.7 Å². The summed E-state index contributed by atoms with van der Waals surface area (Å²) in [4.78, 5) is 0. The van der Waals surface area contributed by atoms with Crippen LogP contribution in [0.3, 0.4) is 0 Å². The molecule has 0 aliphatic rings. The Hall–Kier alpha value is -1.06. The zero-order valence-electron chi connectivity index (χ0n) is 10.6. The lowest BCUT2D eigenvalue weighted by Crippen LogP contribution is -2.23. The highest BCUT2D eigenvalue weighted by atomic mass is 16.7. The van der Waals surface area contributed by atoms with Gasteiger partial charge in [0.15, 0.2) is 0 Å².